The minimum Gasteiger partial charge on any atom is -0.314 e. The van der Waals surface area contributed by atoms with Crippen LogP contribution in [0, 0.1) is 5.92 Å². The molecular weight excluding hydrogens is 204 g/mol. The molecule has 84 valence electrons. The average Bonchev–Trinajstić information content (AvgIpc) is 2.93. The molecule has 15 heavy (non-hydrogen) atoms. The van der Waals surface area contributed by atoms with Crippen molar-refractivity contribution in [2.24, 2.45) is 5.92 Å². The van der Waals surface area contributed by atoms with E-state index in [1.54, 1.807) is 11.3 Å². The molecule has 1 N–H and O–H groups in total. The molecular formula is C12H20N2S. The zero-order valence-electron chi connectivity index (χ0n) is 9.41. The maximum absolute atomic E-state index is 4.14. The molecule has 0 bridgehead atoms. The van der Waals surface area contributed by atoms with Gasteiger partial charge in [-0.3, -0.25) is 4.98 Å². The maximum atomic E-state index is 4.14. The molecule has 1 saturated carbocycles. The van der Waals surface area contributed by atoms with Gasteiger partial charge in [0, 0.05) is 17.1 Å². The standard InChI is InChI=1S/C12H20N2S/c1-2-3-10(7-14-11-4-5-11)6-12-8-13-9-15-12/h8-11,14H,2-7H2,1H3. The summed E-state index contributed by atoms with van der Waals surface area (Å²) in [5, 5.41) is 3.64. The van der Waals surface area contributed by atoms with Crippen LogP contribution in [-0.4, -0.2) is 17.6 Å². The van der Waals surface area contributed by atoms with Crippen LogP contribution >= 0.6 is 11.3 Å². The Hall–Kier alpha value is -0.410. The second-order valence-corrected chi connectivity index (χ2v) is 5.48. The van der Waals surface area contributed by atoms with Crippen molar-refractivity contribution in [2.75, 3.05) is 6.54 Å². The van der Waals surface area contributed by atoms with E-state index in [0.717, 1.165) is 12.0 Å². The summed E-state index contributed by atoms with van der Waals surface area (Å²) in [6.07, 6.45) is 8.62. The van der Waals surface area contributed by atoms with Gasteiger partial charge in [0.25, 0.3) is 0 Å². The SMILES string of the molecule is CCCC(CNC1CC1)Cc1cncs1. The van der Waals surface area contributed by atoms with E-state index in [9.17, 15) is 0 Å². The topological polar surface area (TPSA) is 24.9 Å². The lowest BCUT2D eigenvalue weighted by molar-refractivity contribution is 0.439. The Morgan fingerprint density at radius 3 is 3.07 bits per heavy atom. The largest absolute Gasteiger partial charge is 0.314 e. The van der Waals surface area contributed by atoms with Crippen LogP contribution in [0.2, 0.25) is 0 Å². The second-order valence-electron chi connectivity index (χ2n) is 4.51. The molecule has 0 aliphatic heterocycles. The minimum atomic E-state index is 0.802. The molecule has 1 aromatic rings. The normalized spacial score (nSPS) is 17.9. The van der Waals surface area contributed by atoms with Gasteiger partial charge in [-0.15, -0.1) is 11.3 Å². The van der Waals surface area contributed by atoms with Crippen molar-refractivity contribution in [3.8, 4) is 0 Å². The molecule has 0 aromatic carbocycles. The molecule has 2 nitrogen and oxygen atoms in total. The molecule has 1 aliphatic carbocycles. The van der Waals surface area contributed by atoms with Crippen molar-refractivity contribution < 1.29 is 0 Å². The van der Waals surface area contributed by atoms with Crippen molar-refractivity contribution in [2.45, 2.75) is 45.1 Å². The van der Waals surface area contributed by atoms with Crippen molar-refractivity contribution in [1.82, 2.24) is 10.3 Å². The number of aromatic nitrogens is 1. The fourth-order valence-corrected chi connectivity index (χ4v) is 2.64. The highest BCUT2D eigenvalue weighted by atomic mass is 32.1. The van der Waals surface area contributed by atoms with Crippen molar-refractivity contribution >= 4 is 11.3 Å². The molecule has 1 atom stereocenters. The second kappa shape index (κ2) is 5.61. The fraction of sp³-hybridized carbons (Fsp3) is 0.750. The predicted molar refractivity (Wildman–Crippen MR) is 65.2 cm³/mol. The summed E-state index contributed by atoms with van der Waals surface area (Å²) in [5.74, 6) is 0.802. The number of rotatable bonds is 7. The summed E-state index contributed by atoms with van der Waals surface area (Å²) < 4.78 is 0. The van der Waals surface area contributed by atoms with E-state index in [0.29, 0.717) is 0 Å². The summed E-state index contributed by atoms with van der Waals surface area (Å²) in [5.41, 5.74) is 1.94. The van der Waals surface area contributed by atoms with E-state index in [1.165, 1.54) is 43.5 Å². The Balaban J connectivity index is 1.76. The third kappa shape index (κ3) is 3.92. The van der Waals surface area contributed by atoms with Gasteiger partial charge in [0.05, 0.1) is 5.51 Å². The van der Waals surface area contributed by atoms with Crippen molar-refractivity contribution in [1.29, 1.82) is 0 Å². The van der Waals surface area contributed by atoms with Crippen LogP contribution in [0.15, 0.2) is 11.7 Å². The lowest BCUT2D eigenvalue weighted by Crippen LogP contribution is -2.25. The summed E-state index contributed by atoms with van der Waals surface area (Å²) in [4.78, 5) is 5.58. The van der Waals surface area contributed by atoms with Crippen LogP contribution in [0.3, 0.4) is 0 Å². The summed E-state index contributed by atoms with van der Waals surface area (Å²) in [7, 11) is 0. The zero-order chi connectivity index (χ0) is 10.5. The van der Waals surface area contributed by atoms with Gasteiger partial charge in [-0.2, -0.15) is 0 Å². The number of hydrogen-bond acceptors (Lipinski definition) is 3. The molecule has 3 heteroatoms. The van der Waals surface area contributed by atoms with Crippen molar-refractivity contribution in [3.05, 3.63) is 16.6 Å². The van der Waals surface area contributed by atoms with Gasteiger partial charge in [-0.25, -0.2) is 0 Å². The smallest absolute Gasteiger partial charge is 0.0794 e. The Labute approximate surface area is 96.1 Å². The summed E-state index contributed by atoms with van der Waals surface area (Å²) >= 11 is 1.79. The lowest BCUT2D eigenvalue weighted by atomic mass is 9.99. The van der Waals surface area contributed by atoms with Gasteiger partial charge in [-0.05, 0) is 38.1 Å². The molecule has 1 aliphatic rings. The van der Waals surface area contributed by atoms with Gasteiger partial charge < -0.3 is 5.32 Å². The molecule has 2 rings (SSSR count). The number of nitrogens with zero attached hydrogens (tertiary/aromatic N) is 1. The lowest BCUT2D eigenvalue weighted by Gasteiger charge is -2.15. The van der Waals surface area contributed by atoms with Crippen LogP contribution in [0.4, 0.5) is 0 Å². The van der Waals surface area contributed by atoms with Crippen LogP contribution in [0.1, 0.15) is 37.5 Å². The van der Waals surface area contributed by atoms with Crippen LogP contribution in [0.5, 0.6) is 0 Å². The van der Waals surface area contributed by atoms with E-state index >= 15 is 0 Å². The van der Waals surface area contributed by atoms with Gasteiger partial charge in [-0.1, -0.05) is 13.3 Å². The predicted octanol–water partition coefficient (Wildman–Crippen LogP) is 2.85. The highest BCUT2D eigenvalue weighted by Crippen LogP contribution is 2.21. The zero-order valence-corrected chi connectivity index (χ0v) is 10.2. The molecule has 0 radical (unpaired) electrons. The fourth-order valence-electron chi connectivity index (χ4n) is 1.93. The molecule has 0 amide bonds. The van der Waals surface area contributed by atoms with E-state index in [2.05, 4.69) is 17.2 Å². The van der Waals surface area contributed by atoms with E-state index in [1.807, 2.05) is 11.7 Å². The van der Waals surface area contributed by atoms with Crippen LogP contribution < -0.4 is 5.32 Å². The first-order valence-electron chi connectivity index (χ1n) is 5.99. The van der Waals surface area contributed by atoms with Gasteiger partial charge in [0.1, 0.15) is 0 Å². The summed E-state index contributed by atoms with van der Waals surface area (Å²) in [6.45, 7) is 3.47. The number of nitrogens with one attached hydrogen (secondary N) is 1. The first-order chi connectivity index (χ1) is 7.38. The van der Waals surface area contributed by atoms with E-state index < -0.39 is 0 Å². The third-order valence-corrected chi connectivity index (χ3v) is 3.74. The molecule has 0 spiro atoms. The van der Waals surface area contributed by atoms with Gasteiger partial charge in [0.15, 0.2) is 0 Å². The van der Waals surface area contributed by atoms with Gasteiger partial charge >= 0.3 is 0 Å². The summed E-state index contributed by atoms with van der Waals surface area (Å²) in [6, 6.07) is 0.839. The van der Waals surface area contributed by atoms with Gasteiger partial charge in [0.2, 0.25) is 0 Å². The van der Waals surface area contributed by atoms with E-state index in [4.69, 9.17) is 0 Å². The van der Waals surface area contributed by atoms with Crippen LogP contribution in [-0.2, 0) is 6.42 Å². The highest BCUT2D eigenvalue weighted by molar-refractivity contribution is 7.09. The maximum Gasteiger partial charge on any atom is 0.0794 e. The Morgan fingerprint density at radius 2 is 2.47 bits per heavy atom. The minimum absolute atomic E-state index is 0.802. The number of hydrogen-bond donors (Lipinski definition) is 1. The third-order valence-electron chi connectivity index (χ3n) is 2.94. The molecule has 1 unspecified atom stereocenters. The highest BCUT2D eigenvalue weighted by Gasteiger charge is 2.21. The number of thiazole rings is 1. The van der Waals surface area contributed by atoms with E-state index in [-0.39, 0.29) is 0 Å². The molecule has 1 aromatic heterocycles. The van der Waals surface area contributed by atoms with Crippen LogP contribution in [0.25, 0.3) is 0 Å². The Morgan fingerprint density at radius 1 is 1.60 bits per heavy atom. The first-order valence-corrected chi connectivity index (χ1v) is 6.87. The Kier molecular flexibility index (Phi) is 4.15. The monoisotopic (exact) mass is 224 g/mol. The molecule has 0 saturated heterocycles. The molecule has 1 fully saturated rings. The quantitative estimate of drug-likeness (QED) is 0.770. The first kappa shape index (κ1) is 11.1. The molecule has 1 heterocycles. The van der Waals surface area contributed by atoms with Crippen molar-refractivity contribution in [3.63, 3.8) is 0 Å². The average molecular weight is 224 g/mol. The Bertz CT molecular complexity index is 267.